The van der Waals surface area contributed by atoms with Gasteiger partial charge in [-0.25, -0.2) is 0 Å². The van der Waals surface area contributed by atoms with Crippen LogP contribution >= 0.6 is 0 Å². The van der Waals surface area contributed by atoms with Gasteiger partial charge < -0.3 is 52.3 Å². The summed E-state index contributed by atoms with van der Waals surface area (Å²) < 4.78 is 35.3. The highest BCUT2D eigenvalue weighted by Gasteiger charge is 2.26. The molecule has 0 aromatic heterocycles. The van der Waals surface area contributed by atoms with Crippen molar-refractivity contribution in [3.8, 4) is 12.8 Å². The second-order valence-electron chi connectivity index (χ2n) is 19.8. The Morgan fingerprint density at radius 3 is 1.04 bits per heavy atom. The molecule has 0 aliphatic carbocycles. The second kappa shape index (κ2) is 79.4. The summed E-state index contributed by atoms with van der Waals surface area (Å²) >= 11 is 0. The molecule has 458 valence electrons. The van der Waals surface area contributed by atoms with Crippen LogP contribution in [0.3, 0.4) is 0 Å². The third-order valence-electron chi connectivity index (χ3n) is 12.8. The molecule has 1 aliphatic heterocycles. The summed E-state index contributed by atoms with van der Waals surface area (Å²) in [5.41, 5.74) is 0. The zero-order chi connectivity index (χ0) is 59.1. The zero-order valence-corrected chi connectivity index (χ0v) is 51.8. The Bertz CT molecular complexity index is 1100. The Morgan fingerprint density at radius 1 is 0.442 bits per heavy atom. The molecule has 0 N–H and O–H groups in total. The molecule has 14 nitrogen and oxygen atoms in total. The van der Waals surface area contributed by atoms with Crippen LogP contribution in [0.5, 0.6) is 0 Å². The van der Waals surface area contributed by atoms with E-state index in [-0.39, 0.29) is 49.0 Å². The minimum atomic E-state index is -0.303. The molecule has 1 atom stereocenters. The van der Waals surface area contributed by atoms with Crippen molar-refractivity contribution >= 4 is 37.1 Å². The SMILES string of the molecule is C#C.CCC(CC=O)CC=O.CCCCCCCCOC.CCCCCCCCOC.CCCCCCCCOC.CCCCCCCCOC(=O)CC(CC=O)CC=O.COCC(COC)CC(=O)OCC1CCN1C. The summed E-state index contributed by atoms with van der Waals surface area (Å²) in [7, 11) is 10.6. The Morgan fingerprint density at radius 2 is 0.753 bits per heavy atom. The molecule has 0 radical (unpaired) electrons. The van der Waals surface area contributed by atoms with Gasteiger partial charge in [0.2, 0.25) is 0 Å². The summed E-state index contributed by atoms with van der Waals surface area (Å²) in [6.07, 6.45) is 46.5. The van der Waals surface area contributed by atoms with E-state index in [0.29, 0.717) is 51.7 Å². The molecule has 0 aromatic carbocycles. The molecule has 0 amide bonds. The van der Waals surface area contributed by atoms with Crippen LogP contribution < -0.4 is 0 Å². The molecular formula is C63H123NO13. The van der Waals surface area contributed by atoms with Gasteiger partial charge in [0.15, 0.2) is 0 Å². The summed E-state index contributed by atoms with van der Waals surface area (Å²) in [6.45, 7) is 16.8. The average Bonchev–Trinajstić information content (AvgIpc) is 3.42. The van der Waals surface area contributed by atoms with Gasteiger partial charge in [-0.15, -0.1) is 12.8 Å². The van der Waals surface area contributed by atoms with Gasteiger partial charge in [0.1, 0.15) is 31.8 Å². The van der Waals surface area contributed by atoms with Crippen molar-refractivity contribution in [2.24, 2.45) is 17.8 Å². The molecule has 1 unspecified atom stereocenters. The molecule has 0 saturated carbocycles. The molecule has 0 aromatic rings. The van der Waals surface area contributed by atoms with E-state index in [1.54, 1.807) is 35.5 Å². The third kappa shape index (κ3) is 77.2. The van der Waals surface area contributed by atoms with Gasteiger partial charge in [-0.1, -0.05) is 169 Å². The van der Waals surface area contributed by atoms with Gasteiger partial charge in [0.05, 0.1) is 26.2 Å². The average molecular weight is 1100 g/mol. The van der Waals surface area contributed by atoms with Crippen LogP contribution in [0.15, 0.2) is 0 Å². The van der Waals surface area contributed by atoms with Crippen molar-refractivity contribution in [3.63, 3.8) is 0 Å². The van der Waals surface area contributed by atoms with Gasteiger partial charge in [0, 0.05) is 99.4 Å². The number of carbonyl (C=O) groups is 6. The van der Waals surface area contributed by atoms with Gasteiger partial charge in [-0.3, -0.25) is 14.5 Å². The van der Waals surface area contributed by atoms with Crippen LogP contribution in [-0.2, 0) is 61.9 Å². The van der Waals surface area contributed by atoms with E-state index >= 15 is 0 Å². The van der Waals surface area contributed by atoms with Crippen LogP contribution in [0.2, 0.25) is 0 Å². The van der Waals surface area contributed by atoms with Crippen molar-refractivity contribution in [3.05, 3.63) is 0 Å². The maximum Gasteiger partial charge on any atom is 0.306 e. The second-order valence-corrected chi connectivity index (χ2v) is 19.8. The van der Waals surface area contributed by atoms with Crippen LogP contribution in [-0.4, -0.2) is 143 Å². The standard InChI is InChI=1S/C15H26O4.C12H23NO4.3C9H20O.C7H12O2.C2H2/c1-2-3-4-5-6-7-12-19-15(18)13-14(8-10-16)9-11-17;1-13-5-4-11(13)9-17-12(14)6-10(7-15-2)8-16-3;3*1-3-4-5-6-7-8-9-10-2;1-2-7(3-5-8)4-6-9;1-2/h10-11,14H,2-9,12-13H2,1H3;10-11H,4-9H2,1-3H3;3*3-9H2,1-2H3;5-7H,2-4H2,1H3;1-2H. The monoisotopic (exact) mass is 1100 g/mol. The first-order chi connectivity index (χ1) is 37.5. The number of terminal acetylenes is 1. The number of aldehydes is 4. The Balaban J connectivity index is -0.000000200. The first kappa shape index (κ1) is 85.2. The fourth-order valence-electron chi connectivity index (χ4n) is 7.58. The molecule has 14 heteroatoms. The molecule has 1 rings (SSSR count). The van der Waals surface area contributed by atoms with Gasteiger partial charge in [-0.05, 0) is 57.5 Å². The molecule has 1 fully saturated rings. The zero-order valence-electron chi connectivity index (χ0n) is 51.8. The summed E-state index contributed by atoms with van der Waals surface area (Å²) in [5.74, 6) is -0.310. The highest BCUT2D eigenvalue weighted by atomic mass is 16.5. The number of unbranched alkanes of at least 4 members (excludes halogenated alkanes) is 20. The topological polar surface area (TPSA) is 170 Å². The molecule has 1 heterocycles. The van der Waals surface area contributed by atoms with E-state index in [1.807, 2.05) is 14.0 Å². The van der Waals surface area contributed by atoms with Crippen molar-refractivity contribution < 1.29 is 61.9 Å². The third-order valence-corrected chi connectivity index (χ3v) is 12.8. The lowest BCUT2D eigenvalue weighted by molar-refractivity contribution is -0.149. The smallest absolute Gasteiger partial charge is 0.306 e. The Hall–Kier alpha value is -3.06. The summed E-state index contributed by atoms with van der Waals surface area (Å²) in [5, 5.41) is 0. The van der Waals surface area contributed by atoms with E-state index in [2.05, 4.69) is 45.4 Å². The quantitative estimate of drug-likeness (QED) is 0.0244. The molecule has 0 spiro atoms. The predicted octanol–water partition coefficient (Wildman–Crippen LogP) is 14.0. The number of ether oxygens (including phenoxy) is 7. The Kier molecular flexibility index (Phi) is 87.9. The van der Waals surface area contributed by atoms with E-state index < -0.39 is 0 Å². The van der Waals surface area contributed by atoms with Gasteiger partial charge in [-0.2, -0.15) is 0 Å². The molecule has 1 aliphatic rings. The van der Waals surface area contributed by atoms with Gasteiger partial charge >= 0.3 is 11.9 Å². The number of esters is 2. The molecular weight excluding hydrogens is 979 g/mol. The van der Waals surface area contributed by atoms with Crippen LogP contribution in [0.25, 0.3) is 0 Å². The lowest BCUT2D eigenvalue weighted by Crippen LogP contribution is -2.47. The first-order valence-corrected chi connectivity index (χ1v) is 30.0. The number of likely N-dealkylation sites (N-methyl/N-ethyl adjacent to an activating group) is 1. The van der Waals surface area contributed by atoms with E-state index in [9.17, 15) is 28.8 Å². The number of rotatable bonds is 47. The van der Waals surface area contributed by atoms with Crippen molar-refractivity contribution in [2.75, 3.05) is 95.4 Å². The van der Waals surface area contributed by atoms with Crippen molar-refractivity contribution in [2.45, 2.75) is 246 Å². The molecule has 77 heavy (non-hydrogen) atoms. The van der Waals surface area contributed by atoms with Gasteiger partial charge in [0.25, 0.3) is 0 Å². The number of likely N-dealkylation sites (tertiary alicyclic amines) is 1. The lowest BCUT2D eigenvalue weighted by Gasteiger charge is -2.37. The maximum atomic E-state index is 11.6. The minimum absolute atomic E-state index is 0.0802. The highest BCUT2D eigenvalue weighted by Crippen LogP contribution is 2.16. The van der Waals surface area contributed by atoms with Crippen molar-refractivity contribution in [1.29, 1.82) is 0 Å². The molecule has 1 saturated heterocycles. The fraction of sp³-hybridized carbons (Fsp3) is 0.873. The lowest BCUT2D eigenvalue weighted by atomic mass is 9.99. The normalized spacial score (nSPS) is 12.2. The fourth-order valence-corrected chi connectivity index (χ4v) is 7.58. The maximum absolute atomic E-state index is 11.6. The largest absolute Gasteiger partial charge is 0.466 e. The summed E-state index contributed by atoms with van der Waals surface area (Å²) in [4.78, 5) is 65.9. The first-order valence-electron chi connectivity index (χ1n) is 30.0. The Labute approximate surface area is 474 Å². The van der Waals surface area contributed by atoms with Crippen molar-refractivity contribution in [1.82, 2.24) is 4.90 Å². The highest BCUT2D eigenvalue weighted by molar-refractivity contribution is 5.71. The van der Waals surface area contributed by atoms with E-state index in [4.69, 9.17) is 33.2 Å². The van der Waals surface area contributed by atoms with Crippen LogP contribution in [0, 0.1) is 30.6 Å². The number of carbonyl (C=O) groups excluding carboxylic acids is 6. The number of methoxy groups -OCH3 is 5. The summed E-state index contributed by atoms with van der Waals surface area (Å²) in [6, 6.07) is 0.405. The van der Waals surface area contributed by atoms with E-state index in [0.717, 1.165) is 77.2 Å². The number of hydrogen-bond donors (Lipinski definition) is 0. The predicted molar refractivity (Wildman–Crippen MR) is 318 cm³/mol. The number of hydrogen-bond acceptors (Lipinski definition) is 14. The molecule has 0 bridgehead atoms. The van der Waals surface area contributed by atoms with Crippen LogP contribution in [0.4, 0.5) is 0 Å². The minimum Gasteiger partial charge on any atom is -0.466 e. The number of nitrogens with zero attached hydrogens (tertiary/aromatic N) is 1. The van der Waals surface area contributed by atoms with E-state index in [1.165, 1.54) is 141 Å². The van der Waals surface area contributed by atoms with Crippen LogP contribution in [0.1, 0.15) is 240 Å².